The van der Waals surface area contributed by atoms with E-state index in [-0.39, 0.29) is 5.96 Å². The molecule has 0 fully saturated rings. The first-order chi connectivity index (χ1) is 6.68. The van der Waals surface area contributed by atoms with Gasteiger partial charge in [0.25, 0.3) is 0 Å². The predicted octanol–water partition coefficient (Wildman–Crippen LogP) is 0.387. The van der Waals surface area contributed by atoms with Crippen LogP contribution in [0.2, 0.25) is 5.02 Å². The lowest BCUT2D eigenvalue weighted by Crippen LogP contribution is -2.23. The highest BCUT2D eigenvalue weighted by molar-refractivity contribution is 6.30. The summed E-state index contributed by atoms with van der Waals surface area (Å²) in [5, 5.41) is 0.571. The number of rotatable bonds is 4. The largest absolute Gasteiger partial charge is 0.476 e. The van der Waals surface area contributed by atoms with Crippen molar-refractivity contribution in [2.24, 2.45) is 16.5 Å². The third kappa shape index (κ3) is 3.95. The zero-order valence-corrected chi connectivity index (χ0v) is 8.24. The summed E-state index contributed by atoms with van der Waals surface area (Å²) in [4.78, 5) is 7.68. The second kappa shape index (κ2) is 5.29. The molecule has 76 valence electrons. The van der Waals surface area contributed by atoms with E-state index in [1.807, 2.05) is 0 Å². The summed E-state index contributed by atoms with van der Waals surface area (Å²) < 4.78 is 5.22. The van der Waals surface area contributed by atoms with Gasteiger partial charge in [-0.25, -0.2) is 4.98 Å². The topological polar surface area (TPSA) is 86.5 Å². The number of nitrogens with zero attached hydrogens (tertiary/aromatic N) is 2. The fourth-order valence-electron chi connectivity index (χ4n) is 0.773. The van der Waals surface area contributed by atoms with Gasteiger partial charge in [0, 0.05) is 12.3 Å². The molecule has 1 aromatic heterocycles. The van der Waals surface area contributed by atoms with Crippen LogP contribution >= 0.6 is 11.6 Å². The molecular weight excluding hydrogens is 204 g/mol. The van der Waals surface area contributed by atoms with E-state index in [9.17, 15) is 0 Å². The molecule has 0 saturated heterocycles. The standard InChI is InChI=1S/C8H11ClN4O/c9-6-1-2-7(13-5-6)14-4-3-12-8(10)11/h1-2,5H,3-4H2,(H4,10,11,12). The van der Waals surface area contributed by atoms with Gasteiger partial charge in [-0.2, -0.15) is 0 Å². The summed E-state index contributed by atoms with van der Waals surface area (Å²) in [5.74, 6) is 0.554. The van der Waals surface area contributed by atoms with E-state index in [1.165, 1.54) is 6.20 Å². The summed E-state index contributed by atoms with van der Waals surface area (Å²) in [6.45, 7) is 0.791. The minimum Gasteiger partial charge on any atom is -0.476 e. The molecule has 0 amide bonds. The maximum absolute atomic E-state index is 5.64. The van der Waals surface area contributed by atoms with Crippen LogP contribution < -0.4 is 16.2 Å². The van der Waals surface area contributed by atoms with Crippen LogP contribution in [-0.2, 0) is 0 Å². The van der Waals surface area contributed by atoms with Gasteiger partial charge in [-0.15, -0.1) is 0 Å². The lowest BCUT2D eigenvalue weighted by molar-refractivity contribution is 0.316. The molecule has 5 nitrogen and oxygen atoms in total. The van der Waals surface area contributed by atoms with Gasteiger partial charge in [0.15, 0.2) is 5.96 Å². The first-order valence-electron chi connectivity index (χ1n) is 3.98. The molecule has 0 atom stereocenters. The van der Waals surface area contributed by atoms with E-state index < -0.39 is 0 Å². The number of hydrogen-bond acceptors (Lipinski definition) is 3. The Morgan fingerprint density at radius 1 is 1.50 bits per heavy atom. The van der Waals surface area contributed by atoms with Crippen molar-refractivity contribution in [1.82, 2.24) is 4.98 Å². The molecule has 0 aliphatic rings. The van der Waals surface area contributed by atoms with Crippen molar-refractivity contribution in [3.63, 3.8) is 0 Å². The second-order valence-electron chi connectivity index (χ2n) is 2.47. The quantitative estimate of drug-likeness (QED) is 0.431. The summed E-state index contributed by atoms with van der Waals surface area (Å²) in [7, 11) is 0. The normalized spacial score (nSPS) is 9.50. The van der Waals surface area contributed by atoms with Gasteiger partial charge >= 0.3 is 0 Å². The average Bonchev–Trinajstić information content (AvgIpc) is 2.15. The first kappa shape index (κ1) is 10.6. The number of nitrogens with two attached hydrogens (primary N) is 2. The molecule has 6 heteroatoms. The Labute approximate surface area is 86.7 Å². The third-order valence-corrected chi connectivity index (χ3v) is 1.56. The van der Waals surface area contributed by atoms with E-state index >= 15 is 0 Å². The Morgan fingerprint density at radius 3 is 2.86 bits per heavy atom. The van der Waals surface area contributed by atoms with Gasteiger partial charge in [-0.1, -0.05) is 11.6 Å². The average molecular weight is 215 g/mol. The number of hydrogen-bond donors (Lipinski definition) is 2. The molecule has 0 bridgehead atoms. The molecule has 0 aromatic carbocycles. The van der Waals surface area contributed by atoms with Crippen LogP contribution in [0.4, 0.5) is 0 Å². The van der Waals surface area contributed by atoms with Crippen LogP contribution in [0.5, 0.6) is 5.88 Å². The molecule has 0 aliphatic carbocycles. The van der Waals surface area contributed by atoms with Crippen molar-refractivity contribution in [3.05, 3.63) is 23.4 Å². The number of halogens is 1. The molecule has 4 N–H and O–H groups in total. The zero-order chi connectivity index (χ0) is 10.4. The van der Waals surface area contributed by atoms with E-state index in [0.29, 0.717) is 24.1 Å². The van der Waals surface area contributed by atoms with E-state index in [0.717, 1.165) is 0 Å². The Bertz CT molecular complexity index is 308. The SMILES string of the molecule is NC(N)=NCCOc1ccc(Cl)cn1. The molecule has 0 radical (unpaired) electrons. The molecule has 14 heavy (non-hydrogen) atoms. The molecule has 0 spiro atoms. The molecule has 0 aliphatic heterocycles. The highest BCUT2D eigenvalue weighted by Crippen LogP contribution is 2.10. The maximum atomic E-state index is 5.64. The number of aromatic nitrogens is 1. The van der Waals surface area contributed by atoms with Crippen molar-refractivity contribution in [2.75, 3.05) is 13.2 Å². The lowest BCUT2D eigenvalue weighted by Gasteiger charge is -2.02. The van der Waals surface area contributed by atoms with Gasteiger partial charge in [0.1, 0.15) is 6.61 Å². The number of aliphatic imine (C=N–C) groups is 1. The maximum Gasteiger partial charge on any atom is 0.213 e. The third-order valence-electron chi connectivity index (χ3n) is 1.34. The summed E-state index contributed by atoms with van der Waals surface area (Å²) >= 11 is 5.64. The monoisotopic (exact) mass is 214 g/mol. The molecule has 1 aromatic rings. The molecule has 0 saturated carbocycles. The smallest absolute Gasteiger partial charge is 0.213 e. The molecule has 1 heterocycles. The van der Waals surface area contributed by atoms with Gasteiger partial charge < -0.3 is 16.2 Å². The second-order valence-corrected chi connectivity index (χ2v) is 2.91. The van der Waals surface area contributed by atoms with Crippen LogP contribution in [-0.4, -0.2) is 24.1 Å². The van der Waals surface area contributed by atoms with E-state index in [2.05, 4.69) is 9.98 Å². The Hall–Kier alpha value is -1.49. The van der Waals surface area contributed by atoms with Crippen molar-refractivity contribution in [3.8, 4) is 5.88 Å². The van der Waals surface area contributed by atoms with Gasteiger partial charge in [0.2, 0.25) is 5.88 Å². The summed E-state index contributed by atoms with van der Waals surface area (Å²) in [6, 6.07) is 3.38. The predicted molar refractivity (Wildman–Crippen MR) is 55.4 cm³/mol. The highest BCUT2D eigenvalue weighted by atomic mass is 35.5. The Balaban J connectivity index is 2.32. The van der Waals surface area contributed by atoms with Crippen LogP contribution in [0.1, 0.15) is 0 Å². The summed E-state index contributed by atoms with van der Waals surface area (Å²) in [6.07, 6.45) is 1.51. The Morgan fingerprint density at radius 2 is 2.29 bits per heavy atom. The number of guanidine groups is 1. The minimum absolute atomic E-state index is 0.0534. The zero-order valence-electron chi connectivity index (χ0n) is 7.48. The lowest BCUT2D eigenvalue weighted by atomic mass is 10.5. The Kier molecular flexibility index (Phi) is 4.00. The summed E-state index contributed by atoms with van der Waals surface area (Å²) in [5.41, 5.74) is 10.3. The fraction of sp³-hybridized carbons (Fsp3) is 0.250. The van der Waals surface area contributed by atoms with Crippen molar-refractivity contribution < 1.29 is 4.74 Å². The van der Waals surface area contributed by atoms with Crippen molar-refractivity contribution >= 4 is 17.6 Å². The van der Waals surface area contributed by atoms with Crippen LogP contribution in [0.3, 0.4) is 0 Å². The highest BCUT2D eigenvalue weighted by Gasteiger charge is 1.94. The van der Waals surface area contributed by atoms with Gasteiger partial charge in [-0.3, -0.25) is 4.99 Å². The van der Waals surface area contributed by atoms with Gasteiger partial charge in [0.05, 0.1) is 11.6 Å². The fourth-order valence-corrected chi connectivity index (χ4v) is 0.884. The number of ether oxygens (including phenoxy) is 1. The van der Waals surface area contributed by atoms with Crippen LogP contribution in [0.15, 0.2) is 23.3 Å². The van der Waals surface area contributed by atoms with Crippen molar-refractivity contribution in [2.45, 2.75) is 0 Å². The van der Waals surface area contributed by atoms with Crippen molar-refractivity contribution in [1.29, 1.82) is 0 Å². The minimum atomic E-state index is 0.0534. The van der Waals surface area contributed by atoms with E-state index in [4.69, 9.17) is 27.8 Å². The van der Waals surface area contributed by atoms with Crippen LogP contribution in [0, 0.1) is 0 Å². The van der Waals surface area contributed by atoms with Gasteiger partial charge in [-0.05, 0) is 6.07 Å². The molecule has 0 unspecified atom stereocenters. The molecular formula is C8H11ClN4O. The number of pyridine rings is 1. The van der Waals surface area contributed by atoms with E-state index in [1.54, 1.807) is 12.1 Å². The first-order valence-corrected chi connectivity index (χ1v) is 4.36. The molecule has 1 rings (SSSR count). The van der Waals surface area contributed by atoms with Crippen LogP contribution in [0.25, 0.3) is 0 Å².